The molecule has 0 N–H and O–H groups in total. The number of hydrogen-bond acceptors (Lipinski definition) is 1. The van der Waals surface area contributed by atoms with Crippen molar-refractivity contribution in [1.82, 2.24) is 0 Å². The van der Waals surface area contributed by atoms with E-state index < -0.39 is 0 Å². The van der Waals surface area contributed by atoms with Gasteiger partial charge >= 0.3 is 0 Å². The van der Waals surface area contributed by atoms with E-state index in [9.17, 15) is 0 Å². The van der Waals surface area contributed by atoms with Gasteiger partial charge in [0.25, 0.3) is 0 Å². The monoisotopic (exact) mass is 259 g/mol. The third-order valence-electron chi connectivity index (χ3n) is 3.56. The Bertz CT molecular complexity index is 691. The molecular weight excluding hydrogens is 242 g/mol. The van der Waals surface area contributed by atoms with Crippen molar-refractivity contribution in [3.8, 4) is 0 Å². The van der Waals surface area contributed by atoms with Gasteiger partial charge in [-0.05, 0) is 42.2 Å². The molecule has 20 heavy (non-hydrogen) atoms. The molecule has 0 radical (unpaired) electrons. The van der Waals surface area contributed by atoms with Crippen molar-refractivity contribution in [3.63, 3.8) is 0 Å². The van der Waals surface area contributed by atoms with Crippen molar-refractivity contribution in [3.05, 3.63) is 83.4 Å². The van der Waals surface area contributed by atoms with Crippen molar-refractivity contribution < 1.29 is 0 Å². The molecule has 0 aliphatic heterocycles. The summed E-state index contributed by atoms with van der Waals surface area (Å²) in [6, 6.07) is 18.5. The zero-order valence-electron chi connectivity index (χ0n) is 11.6. The first kappa shape index (κ1) is 12.6. The van der Waals surface area contributed by atoms with E-state index in [-0.39, 0.29) is 0 Å². The Morgan fingerprint density at radius 2 is 1.70 bits per heavy atom. The Morgan fingerprint density at radius 3 is 2.45 bits per heavy atom. The van der Waals surface area contributed by atoms with Crippen molar-refractivity contribution in [2.45, 2.75) is 13.3 Å². The van der Waals surface area contributed by atoms with Crippen LogP contribution in [0.4, 0.5) is 5.69 Å². The van der Waals surface area contributed by atoms with Gasteiger partial charge in [0.2, 0.25) is 0 Å². The van der Waals surface area contributed by atoms with Gasteiger partial charge in [0.15, 0.2) is 0 Å². The highest BCUT2D eigenvalue weighted by Gasteiger charge is 2.10. The summed E-state index contributed by atoms with van der Waals surface area (Å²) in [7, 11) is 0. The largest absolute Gasteiger partial charge is 0.256 e. The Morgan fingerprint density at radius 1 is 0.950 bits per heavy atom. The third-order valence-corrected chi connectivity index (χ3v) is 3.56. The zero-order chi connectivity index (χ0) is 13.8. The molecule has 0 bridgehead atoms. The lowest BCUT2D eigenvalue weighted by Crippen LogP contribution is -1.92. The fraction of sp³-hybridized carbons (Fsp3) is 0.105. The number of hydrogen-bond donors (Lipinski definition) is 0. The zero-order valence-corrected chi connectivity index (χ0v) is 11.6. The summed E-state index contributed by atoms with van der Waals surface area (Å²) in [5.74, 6) is 0. The van der Waals surface area contributed by atoms with Crippen molar-refractivity contribution in [2.24, 2.45) is 4.99 Å². The third kappa shape index (κ3) is 2.62. The fourth-order valence-corrected chi connectivity index (χ4v) is 2.48. The van der Waals surface area contributed by atoms with E-state index in [2.05, 4.69) is 48.3 Å². The number of benzene rings is 2. The average Bonchev–Trinajstić information content (AvgIpc) is 2.92. The van der Waals surface area contributed by atoms with Crippen LogP contribution < -0.4 is 0 Å². The van der Waals surface area contributed by atoms with Gasteiger partial charge in [0, 0.05) is 11.8 Å². The van der Waals surface area contributed by atoms with Gasteiger partial charge in [-0.25, -0.2) is 0 Å². The topological polar surface area (TPSA) is 12.4 Å². The second kappa shape index (κ2) is 5.70. The lowest BCUT2D eigenvalue weighted by atomic mass is 9.97. The summed E-state index contributed by atoms with van der Waals surface area (Å²) < 4.78 is 0. The Kier molecular flexibility index (Phi) is 3.60. The first-order chi connectivity index (χ1) is 9.84. The van der Waals surface area contributed by atoms with Crippen LogP contribution >= 0.6 is 0 Å². The van der Waals surface area contributed by atoms with Gasteiger partial charge in [-0.1, -0.05) is 54.6 Å². The van der Waals surface area contributed by atoms with Crippen LogP contribution in [0.5, 0.6) is 0 Å². The number of allylic oxidation sites excluding steroid dienone is 4. The van der Waals surface area contributed by atoms with Gasteiger partial charge in [-0.15, -0.1) is 0 Å². The van der Waals surface area contributed by atoms with Gasteiger partial charge in [0.05, 0.1) is 5.69 Å². The first-order valence-corrected chi connectivity index (χ1v) is 6.89. The van der Waals surface area contributed by atoms with Crippen LogP contribution in [0.1, 0.15) is 24.5 Å². The second-order valence-electron chi connectivity index (χ2n) is 4.95. The van der Waals surface area contributed by atoms with Crippen LogP contribution in [-0.4, -0.2) is 6.21 Å². The predicted molar refractivity (Wildman–Crippen MR) is 86.5 cm³/mol. The number of para-hydroxylation sites is 1. The summed E-state index contributed by atoms with van der Waals surface area (Å²) in [5.41, 5.74) is 6.20. The van der Waals surface area contributed by atoms with Crippen LogP contribution in [0.15, 0.2) is 77.3 Å². The highest BCUT2D eigenvalue weighted by Crippen LogP contribution is 2.30. The summed E-state index contributed by atoms with van der Waals surface area (Å²) in [6.07, 6.45) is 7.39. The Balaban J connectivity index is 1.95. The van der Waals surface area contributed by atoms with Gasteiger partial charge < -0.3 is 0 Å². The predicted octanol–water partition coefficient (Wildman–Crippen LogP) is 5.17. The van der Waals surface area contributed by atoms with E-state index in [1.807, 2.05) is 36.5 Å². The molecule has 3 rings (SSSR count). The van der Waals surface area contributed by atoms with Gasteiger partial charge in [-0.2, -0.15) is 0 Å². The molecule has 0 spiro atoms. The molecule has 0 atom stereocenters. The SMILES string of the molecule is CC1=C(c2ccccc2C=Nc2ccccc2)CC=C1. The molecular formula is C19H17N. The van der Waals surface area contributed by atoms with Crippen molar-refractivity contribution in [1.29, 1.82) is 0 Å². The molecule has 0 heterocycles. The smallest absolute Gasteiger partial charge is 0.0629 e. The highest BCUT2D eigenvalue weighted by molar-refractivity contribution is 5.91. The minimum Gasteiger partial charge on any atom is -0.256 e. The highest BCUT2D eigenvalue weighted by atomic mass is 14.7. The molecule has 2 aromatic carbocycles. The maximum Gasteiger partial charge on any atom is 0.0629 e. The molecule has 0 aromatic heterocycles. The maximum atomic E-state index is 4.57. The number of rotatable bonds is 3. The van der Waals surface area contributed by atoms with Crippen LogP contribution in [0, 0.1) is 0 Å². The van der Waals surface area contributed by atoms with E-state index in [1.165, 1.54) is 22.3 Å². The summed E-state index contributed by atoms with van der Waals surface area (Å²) in [4.78, 5) is 4.57. The van der Waals surface area contributed by atoms with Crippen LogP contribution in [0.2, 0.25) is 0 Å². The van der Waals surface area contributed by atoms with Crippen molar-refractivity contribution >= 4 is 17.5 Å². The normalized spacial score (nSPS) is 14.4. The van der Waals surface area contributed by atoms with E-state index in [0.29, 0.717) is 0 Å². The molecule has 0 unspecified atom stereocenters. The minimum atomic E-state index is 0.984. The molecule has 0 saturated carbocycles. The molecule has 1 heteroatoms. The standard InChI is InChI=1S/C19H17N/c1-15-8-7-13-18(15)19-12-6-5-9-16(19)14-20-17-10-3-2-4-11-17/h2-12,14H,13H2,1H3. The minimum absolute atomic E-state index is 0.984. The van der Waals surface area contributed by atoms with Crippen LogP contribution in [0.25, 0.3) is 5.57 Å². The Hall–Kier alpha value is -2.41. The molecule has 2 aromatic rings. The van der Waals surface area contributed by atoms with Gasteiger partial charge in [0.1, 0.15) is 0 Å². The van der Waals surface area contributed by atoms with Crippen LogP contribution in [0.3, 0.4) is 0 Å². The van der Waals surface area contributed by atoms with E-state index >= 15 is 0 Å². The average molecular weight is 259 g/mol. The second-order valence-corrected chi connectivity index (χ2v) is 4.95. The van der Waals surface area contributed by atoms with Crippen molar-refractivity contribution in [2.75, 3.05) is 0 Å². The molecule has 1 nitrogen and oxygen atoms in total. The van der Waals surface area contributed by atoms with E-state index in [1.54, 1.807) is 0 Å². The molecule has 1 aliphatic rings. The van der Waals surface area contributed by atoms with Gasteiger partial charge in [-0.3, -0.25) is 4.99 Å². The molecule has 1 aliphatic carbocycles. The van der Waals surface area contributed by atoms with Crippen LogP contribution in [-0.2, 0) is 0 Å². The van der Waals surface area contributed by atoms with E-state index in [0.717, 1.165) is 12.1 Å². The fourth-order valence-electron chi connectivity index (χ4n) is 2.48. The quantitative estimate of drug-likeness (QED) is 0.674. The number of nitrogens with zero attached hydrogens (tertiary/aromatic N) is 1. The van der Waals surface area contributed by atoms with E-state index in [4.69, 9.17) is 0 Å². The first-order valence-electron chi connectivity index (χ1n) is 6.89. The molecule has 0 saturated heterocycles. The lowest BCUT2D eigenvalue weighted by Gasteiger charge is -2.08. The molecule has 98 valence electrons. The Labute approximate surface area is 120 Å². The molecule has 0 fully saturated rings. The lowest BCUT2D eigenvalue weighted by molar-refractivity contribution is 1.40. The summed E-state index contributed by atoms with van der Waals surface area (Å²) >= 11 is 0. The summed E-state index contributed by atoms with van der Waals surface area (Å²) in [6.45, 7) is 2.17. The maximum absolute atomic E-state index is 4.57. The summed E-state index contributed by atoms with van der Waals surface area (Å²) in [5, 5.41) is 0. The molecule has 0 amide bonds. The number of aliphatic imine (C=N–C) groups is 1.